The predicted octanol–water partition coefficient (Wildman–Crippen LogP) is 1.07. The van der Waals surface area contributed by atoms with Gasteiger partial charge in [-0.15, -0.1) is 11.3 Å². The van der Waals surface area contributed by atoms with E-state index in [0.717, 1.165) is 19.5 Å². The number of hydrogen-bond donors (Lipinski definition) is 2. The lowest BCUT2D eigenvalue weighted by molar-refractivity contribution is -0.132. The van der Waals surface area contributed by atoms with E-state index in [4.69, 9.17) is 0 Å². The normalized spacial score (nSPS) is 25.0. The minimum absolute atomic E-state index is 0.0224. The number of amides is 3. The molecule has 2 saturated heterocycles. The van der Waals surface area contributed by atoms with Crippen LogP contribution in [0.2, 0.25) is 0 Å². The second-order valence-electron chi connectivity index (χ2n) is 7.10. The summed E-state index contributed by atoms with van der Waals surface area (Å²) >= 11 is 1.41. The average Bonchev–Trinajstić information content (AvgIpc) is 3.32. The molecule has 0 aromatic carbocycles. The van der Waals surface area contributed by atoms with Crippen molar-refractivity contribution in [3.8, 4) is 0 Å². The summed E-state index contributed by atoms with van der Waals surface area (Å²) in [6.45, 7) is 6.63. The number of carbonyl (C=O) groups is 3. The van der Waals surface area contributed by atoms with Gasteiger partial charge in [-0.25, -0.2) is 0 Å². The smallest absolute Gasteiger partial charge is 0.261 e. The van der Waals surface area contributed by atoms with E-state index in [0.29, 0.717) is 30.8 Å². The molecule has 0 aliphatic carbocycles. The molecule has 27 heavy (non-hydrogen) atoms. The van der Waals surface area contributed by atoms with Crippen LogP contribution < -0.4 is 10.6 Å². The highest BCUT2D eigenvalue weighted by molar-refractivity contribution is 7.12. The molecule has 0 unspecified atom stereocenters. The first-order chi connectivity index (χ1) is 13.0. The van der Waals surface area contributed by atoms with Crippen molar-refractivity contribution in [1.29, 1.82) is 0 Å². The molecule has 3 amide bonds. The Labute approximate surface area is 164 Å². The number of rotatable bonds is 7. The number of carbonyl (C=O) groups excluding carboxylic acids is 3. The second-order valence-corrected chi connectivity index (χ2v) is 8.05. The van der Waals surface area contributed by atoms with Gasteiger partial charge in [0.05, 0.1) is 10.9 Å². The SMILES string of the molecule is CCN(CC)C(=O)CC[C@@H]1CNC(=O)[C@@H]2C[C@H](NC(=O)c3cccs3)CN12. The van der Waals surface area contributed by atoms with Crippen LogP contribution in [0.3, 0.4) is 0 Å². The fourth-order valence-corrected chi connectivity index (χ4v) is 4.66. The van der Waals surface area contributed by atoms with E-state index in [-0.39, 0.29) is 35.8 Å². The molecule has 148 valence electrons. The number of piperazine rings is 1. The molecule has 1 aromatic heterocycles. The number of thiophene rings is 1. The van der Waals surface area contributed by atoms with Crippen molar-refractivity contribution >= 4 is 29.1 Å². The minimum atomic E-state index is -0.221. The van der Waals surface area contributed by atoms with Gasteiger partial charge in [0.2, 0.25) is 11.8 Å². The van der Waals surface area contributed by atoms with Gasteiger partial charge in [0.1, 0.15) is 0 Å². The standard InChI is InChI=1S/C19H28N4O3S/c1-3-22(4-2)17(24)8-7-14-11-20-18(25)15-10-13(12-23(14)15)21-19(26)16-6-5-9-27-16/h5-6,9,13-15H,3-4,7-8,10-12H2,1-2H3,(H,20,25)(H,21,26)/t13-,14+,15-/m0/s1. The van der Waals surface area contributed by atoms with E-state index in [9.17, 15) is 14.4 Å². The van der Waals surface area contributed by atoms with E-state index >= 15 is 0 Å². The molecule has 3 atom stereocenters. The highest BCUT2D eigenvalue weighted by Crippen LogP contribution is 2.26. The Bertz CT molecular complexity index is 675. The minimum Gasteiger partial charge on any atom is -0.353 e. The molecule has 7 nitrogen and oxygen atoms in total. The van der Waals surface area contributed by atoms with Crippen molar-refractivity contribution in [3.63, 3.8) is 0 Å². The van der Waals surface area contributed by atoms with E-state index in [1.165, 1.54) is 11.3 Å². The highest BCUT2D eigenvalue weighted by Gasteiger charge is 2.43. The Morgan fingerprint density at radius 3 is 2.81 bits per heavy atom. The molecule has 0 saturated carbocycles. The van der Waals surface area contributed by atoms with Crippen molar-refractivity contribution in [3.05, 3.63) is 22.4 Å². The summed E-state index contributed by atoms with van der Waals surface area (Å²) in [4.78, 5) is 41.6. The van der Waals surface area contributed by atoms with Crippen LogP contribution in [-0.2, 0) is 9.59 Å². The topological polar surface area (TPSA) is 81.8 Å². The van der Waals surface area contributed by atoms with Gasteiger partial charge in [0, 0.05) is 44.7 Å². The van der Waals surface area contributed by atoms with Crippen LogP contribution in [0.15, 0.2) is 17.5 Å². The molecule has 2 aliphatic rings. The van der Waals surface area contributed by atoms with Crippen LogP contribution in [0.4, 0.5) is 0 Å². The monoisotopic (exact) mass is 392 g/mol. The summed E-state index contributed by atoms with van der Waals surface area (Å²) in [5.74, 6) is 0.105. The zero-order valence-corrected chi connectivity index (χ0v) is 16.8. The van der Waals surface area contributed by atoms with E-state index in [1.807, 2.05) is 30.2 Å². The summed E-state index contributed by atoms with van der Waals surface area (Å²) in [5, 5.41) is 7.90. The molecule has 2 fully saturated rings. The van der Waals surface area contributed by atoms with Gasteiger partial charge >= 0.3 is 0 Å². The lowest BCUT2D eigenvalue weighted by Crippen LogP contribution is -2.58. The average molecular weight is 393 g/mol. The van der Waals surface area contributed by atoms with Crippen LogP contribution in [0.1, 0.15) is 42.8 Å². The third kappa shape index (κ3) is 4.50. The van der Waals surface area contributed by atoms with Gasteiger partial charge in [-0.2, -0.15) is 0 Å². The van der Waals surface area contributed by atoms with E-state index in [2.05, 4.69) is 15.5 Å². The van der Waals surface area contributed by atoms with Crippen LogP contribution in [0, 0.1) is 0 Å². The van der Waals surface area contributed by atoms with E-state index < -0.39 is 0 Å². The molecule has 3 heterocycles. The first kappa shape index (κ1) is 19.8. The number of fused-ring (bicyclic) bond motifs is 1. The van der Waals surface area contributed by atoms with Crippen LogP contribution in [-0.4, -0.2) is 71.8 Å². The molecule has 2 aliphatic heterocycles. The summed E-state index contributed by atoms with van der Waals surface area (Å²) < 4.78 is 0. The van der Waals surface area contributed by atoms with Gasteiger partial charge in [0.15, 0.2) is 0 Å². The van der Waals surface area contributed by atoms with Gasteiger partial charge in [-0.3, -0.25) is 19.3 Å². The fourth-order valence-electron chi connectivity index (χ4n) is 4.04. The van der Waals surface area contributed by atoms with Gasteiger partial charge in [-0.1, -0.05) is 6.07 Å². The maximum absolute atomic E-state index is 12.3. The molecule has 1 aromatic rings. The zero-order chi connectivity index (χ0) is 19.4. The maximum Gasteiger partial charge on any atom is 0.261 e. The third-order valence-electron chi connectivity index (χ3n) is 5.51. The van der Waals surface area contributed by atoms with Crippen molar-refractivity contribution < 1.29 is 14.4 Å². The zero-order valence-electron chi connectivity index (χ0n) is 15.9. The summed E-state index contributed by atoms with van der Waals surface area (Å²) in [5.41, 5.74) is 0. The Morgan fingerprint density at radius 2 is 2.15 bits per heavy atom. The summed E-state index contributed by atoms with van der Waals surface area (Å²) in [6, 6.07) is 3.52. The van der Waals surface area contributed by atoms with Crippen molar-refractivity contribution in [2.24, 2.45) is 0 Å². The predicted molar refractivity (Wildman–Crippen MR) is 105 cm³/mol. The summed E-state index contributed by atoms with van der Waals surface area (Å²) in [6.07, 6.45) is 1.82. The van der Waals surface area contributed by atoms with Crippen molar-refractivity contribution in [2.75, 3.05) is 26.2 Å². The Morgan fingerprint density at radius 1 is 1.37 bits per heavy atom. The van der Waals surface area contributed by atoms with Gasteiger partial charge < -0.3 is 15.5 Å². The molecule has 2 N–H and O–H groups in total. The number of nitrogens with one attached hydrogen (secondary N) is 2. The third-order valence-corrected chi connectivity index (χ3v) is 6.38. The Balaban J connectivity index is 1.58. The van der Waals surface area contributed by atoms with Crippen LogP contribution in [0.5, 0.6) is 0 Å². The number of hydrogen-bond acceptors (Lipinski definition) is 5. The van der Waals surface area contributed by atoms with Crippen LogP contribution >= 0.6 is 11.3 Å². The number of nitrogens with zero attached hydrogens (tertiary/aromatic N) is 2. The van der Waals surface area contributed by atoms with Crippen LogP contribution in [0.25, 0.3) is 0 Å². The molecular weight excluding hydrogens is 364 g/mol. The largest absolute Gasteiger partial charge is 0.353 e. The molecule has 8 heteroatoms. The lowest BCUT2D eigenvalue weighted by atomic mass is 10.0. The van der Waals surface area contributed by atoms with Crippen molar-refractivity contribution in [1.82, 2.24) is 20.4 Å². The fraction of sp³-hybridized carbons (Fsp3) is 0.632. The summed E-state index contributed by atoms with van der Waals surface area (Å²) in [7, 11) is 0. The van der Waals surface area contributed by atoms with E-state index in [1.54, 1.807) is 6.07 Å². The highest BCUT2D eigenvalue weighted by atomic mass is 32.1. The molecule has 0 bridgehead atoms. The second kappa shape index (κ2) is 8.84. The lowest BCUT2D eigenvalue weighted by Gasteiger charge is -2.37. The Hall–Kier alpha value is -1.93. The van der Waals surface area contributed by atoms with Crippen molar-refractivity contribution in [2.45, 2.75) is 51.2 Å². The maximum atomic E-state index is 12.3. The Kier molecular flexibility index (Phi) is 6.49. The molecule has 0 spiro atoms. The first-order valence-corrected chi connectivity index (χ1v) is 10.6. The molecule has 3 rings (SSSR count). The van der Waals surface area contributed by atoms with Gasteiger partial charge in [-0.05, 0) is 38.1 Å². The molecule has 0 radical (unpaired) electrons. The first-order valence-electron chi connectivity index (χ1n) is 9.69. The molecular formula is C19H28N4O3S. The quantitative estimate of drug-likeness (QED) is 0.727. The van der Waals surface area contributed by atoms with Gasteiger partial charge in [0.25, 0.3) is 5.91 Å².